The summed E-state index contributed by atoms with van der Waals surface area (Å²) in [4.78, 5) is 12.3. The quantitative estimate of drug-likeness (QED) is 0.567. The predicted molar refractivity (Wildman–Crippen MR) is 98.1 cm³/mol. The zero-order valence-electron chi connectivity index (χ0n) is 14.3. The lowest BCUT2D eigenvalue weighted by atomic mass is 10.2. The monoisotopic (exact) mass is 370 g/mol. The van der Waals surface area contributed by atoms with E-state index in [1.165, 1.54) is 5.01 Å². The third-order valence-corrected chi connectivity index (χ3v) is 3.90. The van der Waals surface area contributed by atoms with Gasteiger partial charge in [0.05, 0.1) is 17.9 Å². The second-order valence-corrected chi connectivity index (χ2v) is 5.83. The molecule has 0 aliphatic heterocycles. The van der Waals surface area contributed by atoms with Crippen molar-refractivity contribution < 1.29 is 18.0 Å². The summed E-state index contributed by atoms with van der Waals surface area (Å²) in [5, 5.41) is 2.02. The van der Waals surface area contributed by atoms with Crippen molar-refractivity contribution in [2.45, 2.75) is 12.7 Å². The molecular formula is C21H17F3N2O. The van der Waals surface area contributed by atoms with Crippen molar-refractivity contribution >= 4 is 17.3 Å². The number of carbonyl (C=O) groups excluding carboxylic acids is 1. The highest BCUT2D eigenvalue weighted by Crippen LogP contribution is 2.31. The van der Waals surface area contributed by atoms with Crippen LogP contribution in [-0.2, 0) is 11.3 Å². The molecule has 0 spiro atoms. The molecule has 0 aliphatic rings. The molecule has 3 nitrogen and oxygen atoms in total. The number of hydrogen-bond acceptors (Lipinski definition) is 2. The summed E-state index contributed by atoms with van der Waals surface area (Å²) in [7, 11) is 0. The van der Waals surface area contributed by atoms with Crippen LogP contribution in [0.25, 0.3) is 0 Å². The van der Waals surface area contributed by atoms with Crippen molar-refractivity contribution in [3.63, 3.8) is 0 Å². The van der Waals surface area contributed by atoms with E-state index in [0.717, 1.165) is 5.01 Å². The van der Waals surface area contributed by atoms with Gasteiger partial charge >= 0.3 is 12.1 Å². The van der Waals surface area contributed by atoms with Crippen molar-refractivity contribution in [2.75, 3.05) is 5.01 Å². The molecular weight excluding hydrogens is 353 g/mol. The number of hydrazine groups is 1. The van der Waals surface area contributed by atoms with Gasteiger partial charge in [0.15, 0.2) is 0 Å². The molecule has 0 aromatic heterocycles. The Morgan fingerprint density at radius 3 is 1.52 bits per heavy atom. The Morgan fingerprint density at radius 1 is 0.704 bits per heavy atom. The van der Waals surface area contributed by atoms with Crippen LogP contribution in [0.4, 0.5) is 24.5 Å². The largest absolute Gasteiger partial charge is 0.473 e. The maximum absolute atomic E-state index is 13.4. The molecule has 3 rings (SSSR count). The zero-order valence-corrected chi connectivity index (χ0v) is 14.3. The van der Waals surface area contributed by atoms with Crippen LogP contribution in [0.2, 0.25) is 0 Å². The third-order valence-electron chi connectivity index (χ3n) is 3.90. The smallest absolute Gasteiger partial charge is 0.262 e. The van der Waals surface area contributed by atoms with Crippen LogP contribution in [0.15, 0.2) is 91.0 Å². The van der Waals surface area contributed by atoms with E-state index in [9.17, 15) is 18.0 Å². The zero-order chi connectivity index (χ0) is 19.3. The Hall–Kier alpha value is -3.28. The standard InChI is InChI=1S/C21H17F3N2O/c22-21(23,24)20(27)25(16-17-10-4-1-5-11-17)26(18-12-6-2-7-13-18)19-14-8-3-9-15-19/h1-15H,16H2. The molecule has 0 radical (unpaired) electrons. The average Bonchev–Trinajstić information content (AvgIpc) is 2.69. The molecule has 0 bridgehead atoms. The van der Waals surface area contributed by atoms with E-state index in [2.05, 4.69) is 0 Å². The number of carbonyl (C=O) groups is 1. The van der Waals surface area contributed by atoms with E-state index in [0.29, 0.717) is 16.9 Å². The van der Waals surface area contributed by atoms with Crippen LogP contribution in [0.5, 0.6) is 0 Å². The number of halogens is 3. The fourth-order valence-corrected chi connectivity index (χ4v) is 2.70. The molecule has 0 saturated heterocycles. The summed E-state index contributed by atoms with van der Waals surface area (Å²) in [5.41, 5.74) is 1.50. The van der Waals surface area contributed by atoms with Gasteiger partial charge in [-0.15, -0.1) is 0 Å². The molecule has 0 unspecified atom stereocenters. The number of hydrogen-bond donors (Lipinski definition) is 0. The van der Waals surface area contributed by atoms with Crippen LogP contribution in [0.3, 0.4) is 0 Å². The molecule has 0 heterocycles. The molecule has 3 aromatic carbocycles. The highest BCUT2D eigenvalue weighted by molar-refractivity contribution is 5.85. The number of benzene rings is 3. The second-order valence-electron chi connectivity index (χ2n) is 5.83. The Balaban J connectivity index is 2.11. The fraction of sp³-hybridized carbons (Fsp3) is 0.0952. The number of amides is 1. The minimum Gasteiger partial charge on any atom is -0.262 e. The maximum atomic E-state index is 13.4. The van der Waals surface area contributed by atoms with Gasteiger partial charge in [0, 0.05) is 0 Å². The predicted octanol–water partition coefficient (Wildman–Crippen LogP) is 5.33. The van der Waals surface area contributed by atoms with E-state index in [4.69, 9.17) is 0 Å². The van der Waals surface area contributed by atoms with Crippen molar-refractivity contribution in [1.29, 1.82) is 0 Å². The molecule has 0 fully saturated rings. The van der Waals surface area contributed by atoms with Gasteiger partial charge in [-0.3, -0.25) is 9.80 Å². The van der Waals surface area contributed by atoms with Gasteiger partial charge in [-0.2, -0.15) is 13.2 Å². The summed E-state index contributed by atoms with van der Waals surface area (Å²) in [5.74, 6) is -1.93. The van der Waals surface area contributed by atoms with Crippen LogP contribution < -0.4 is 5.01 Å². The lowest BCUT2D eigenvalue weighted by Gasteiger charge is -2.37. The molecule has 0 atom stereocenters. The molecule has 6 heteroatoms. The summed E-state index contributed by atoms with van der Waals surface area (Å²) in [6, 6.07) is 25.6. The summed E-state index contributed by atoms with van der Waals surface area (Å²) in [6.45, 7) is -0.219. The first-order valence-corrected chi connectivity index (χ1v) is 8.29. The Labute approximate surface area is 155 Å². The van der Waals surface area contributed by atoms with Gasteiger partial charge in [-0.05, 0) is 29.8 Å². The molecule has 3 aromatic rings. The number of nitrogens with zero attached hydrogens (tertiary/aromatic N) is 2. The number of para-hydroxylation sites is 2. The van der Waals surface area contributed by atoms with Crippen molar-refractivity contribution in [1.82, 2.24) is 5.01 Å². The summed E-state index contributed by atoms with van der Waals surface area (Å²) in [6.07, 6.45) is -5.00. The van der Waals surface area contributed by atoms with Gasteiger partial charge in [0.2, 0.25) is 0 Å². The first-order valence-electron chi connectivity index (χ1n) is 8.29. The molecule has 27 heavy (non-hydrogen) atoms. The van der Waals surface area contributed by atoms with E-state index in [1.807, 2.05) is 0 Å². The fourth-order valence-electron chi connectivity index (χ4n) is 2.70. The minimum absolute atomic E-state index is 0.219. The van der Waals surface area contributed by atoms with Crippen LogP contribution in [0.1, 0.15) is 5.56 Å². The highest BCUT2D eigenvalue weighted by atomic mass is 19.4. The van der Waals surface area contributed by atoms with E-state index in [-0.39, 0.29) is 6.54 Å². The molecule has 0 aliphatic carbocycles. The van der Waals surface area contributed by atoms with Gasteiger partial charge < -0.3 is 0 Å². The Bertz CT molecular complexity index is 829. The van der Waals surface area contributed by atoms with E-state index in [1.54, 1.807) is 91.0 Å². The minimum atomic E-state index is -5.00. The van der Waals surface area contributed by atoms with Gasteiger partial charge in [0.25, 0.3) is 0 Å². The topological polar surface area (TPSA) is 23.6 Å². The van der Waals surface area contributed by atoms with Crippen molar-refractivity contribution in [3.8, 4) is 0 Å². The highest BCUT2D eigenvalue weighted by Gasteiger charge is 2.45. The lowest BCUT2D eigenvalue weighted by molar-refractivity contribution is -0.186. The van der Waals surface area contributed by atoms with Crippen LogP contribution in [0, 0.1) is 0 Å². The first-order chi connectivity index (χ1) is 13.0. The van der Waals surface area contributed by atoms with Gasteiger partial charge in [0.1, 0.15) is 0 Å². The lowest BCUT2D eigenvalue weighted by Crippen LogP contribution is -2.49. The normalized spacial score (nSPS) is 11.1. The Kier molecular flexibility index (Phi) is 5.45. The maximum Gasteiger partial charge on any atom is 0.473 e. The second kappa shape index (κ2) is 7.95. The summed E-state index contributed by atoms with van der Waals surface area (Å²) < 4.78 is 40.1. The molecule has 0 saturated carbocycles. The molecule has 1 amide bonds. The molecule has 0 N–H and O–H groups in total. The summed E-state index contributed by atoms with van der Waals surface area (Å²) >= 11 is 0. The SMILES string of the molecule is O=C(N(Cc1ccccc1)N(c1ccccc1)c1ccccc1)C(F)(F)F. The Morgan fingerprint density at radius 2 is 1.11 bits per heavy atom. The first kappa shape index (κ1) is 18.5. The number of rotatable bonds is 5. The van der Waals surface area contributed by atoms with Crippen LogP contribution >= 0.6 is 0 Å². The number of alkyl halides is 3. The van der Waals surface area contributed by atoms with E-state index >= 15 is 0 Å². The van der Waals surface area contributed by atoms with E-state index < -0.39 is 12.1 Å². The number of anilines is 2. The third kappa shape index (κ3) is 4.47. The molecule has 138 valence electrons. The van der Waals surface area contributed by atoms with Crippen LogP contribution in [-0.4, -0.2) is 17.1 Å². The van der Waals surface area contributed by atoms with Gasteiger partial charge in [-0.25, -0.2) is 5.01 Å². The van der Waals surface area contributed by atoms with Crippen molar-refractivity contribution in [3.05, 3.63) is 96.6 Å². The van der Waals surface area contributed by atoms with Crippen molar-refractivity contribution in [2.24, 2.45) is 0 Å². The van der Waals surface area contributed by atoms with Gasteiger partial charge in [-0.1, -0.05) is 66.7 Å². The average molecular weight is 370 g/mol.